The second-order valence-electron chi connectivity index (χ2n) is 9.79. The average molecular weight is 705 g/mol. The molecule has 2 aliphatic heterocycles. The first-order valence-corrected chi connectivity index (χ1v) is 16.1. The molecule has 8 bridgehead atoms. The van der Waals surface area contributed by atoms with Crippen LogP contribution in [-0.2, 0) is 12.8 Å². The van der Waals surface area contributed by atoms with Crippen molar-refractivity contribution in [2.45, 2.75) is 0 Å². The van der Waals surface area contributed by atoms with Crippen LogP contribution in [0.15, 0.2) is 97.1 Å². The Morgan fingerprint density at radius 3 is 0.857 bits per heavy atom. The van der Waals surface area contributed by atoms with Crippen LogP contribution in [0.1, 0.15) is 0 Å². The van der Waals surface area contributed by atoms with Crippen molar-refractivity contribution in [2.24, 2.45) is 0 Å². The number of benzene rings is 4. The Balaban J connectivity index is 0.00000131. The number of hydrogen-bond donors (Lipinski definition) is 2. The summed E-state index contributed by atoms with van der Waals surface area (Å²) < 4.78 is 0. The van der Waals surface area contributed by atoms with Crippen LogP contribution in [0.5, 0.6) is 0 Å². The zero-order valence-electron chi connectivity index (χ0n) is 21.6. The quantitative estimate of drug-likeness (QED) is 0.123. The summed E-state index contributed by atoms with van der Waals surface area (Å²) in [6.07, 6.45) is 0. The summed E-state index contributed by atoms with van der Waals surface area (Å²) in [6, 6.07) is 32.2. The number of rotatable bonds is 0. The molecule has 7 aromatic rings. The maximum Gasteiger partial charge on any atom is 0.164 e. The van der Waals surface area contributed by atoms with Gasteiger partial charge in [-0.2, -0.15) is 0 Å². The Morgan fingerprint density at radius 1 is 0.357 bits per heavy atom. The first-order valence-electron chi connectivity index (χ1n) is 13.1. The zero-order valence-corrected chi connectivity index (χ0v) is 24.7. The molecule has 0 amide bonds. The Bertz CT molecular complexity index is 2040. The predicted octanol–water partition coefficient (Wildman–Crippen LogP) is 7.75. The van der Waals surface area contributed by atoms with Crippen molar-refractivity contribution < 1.29 is 12.8 Å². The van der Waals surface area contributed by atoms with E-state index < -0.39 is 0 Å². The van der Waals surface area contributed by atoms with E-state index in [1.54, 1.807) is 20.3 Å². The zero-order chi connectivity index (χ0) is 28.2. The third-order valence-corrected chi connectivity index (χ3v) is 7.46. The molecule has 0 saturated carbocycles. The summed E-state index contributed by atoms with van der Waals surface area (Å²) in [5.74, 6) is 2.39. The number of hydrogen-bond acceptors (Lipinski definition) is 6. The van der Waals surface area contributed by atoms with Crippen molar-refractivity contribution in [1.29, 1.82) is 0 Å². The van der Waals surface area contributed by atoms with Gasteiger partial charge in [0.25, 0.3) is 0 Å². The van der Waals surface area contributed by atoms with Crippen molar-refractivity contribution >= 4 is 64.5 Å². The molecule has 0 radical (unpaired) electrons. The molecule has 5 heterocycles. The third kappa shape index (κ3) is 3.94. The first kappa shape index (κ1) is 25.2. The smallest absolute Gasteiger partial charge is 0.164 e. The minimum atomic E-state index is 0.597. The van der Waals surface area contributed by atoms with Gasteiger partial charge in [-0.05, 0) is 0 Å². The molecule has 9 rings (SSSR count). The Morgan fingerprint density at radius 2 is 0.595 bits per heavy atom. The summed E-state index contributed by atoms with van der Waals surface area (Å²) in [5, 5.41) is 3.82. The number of nitrogens with zero attached hydrogens (tertiary/aromatic N) is 6. The van der Waals surface area contributed by atoms with E-state index in [-0.39, 0.29) is 0 Å². The molecule has 0 unspecified atom stereocenters. The van der Waals surface area contributed by atoms with Crippen LogP contribution in [0.25, 0.3) is 89.7 Å². The fourth-order valence-electron chi connectivity index (χ4n) is 5.59. The molecule has 0 aliphatic carbocycles. The van der Waals surface area contributed by atoms with E-state index >= 15 is 0 Å². The summed E-state index contributed by atoms with van der Waals surface area (Å²) in [4.78, 5) is 36.8. The minimum absolute atomic E-state index is 0.597. The number of aromatic amines is 2. The number of nitrogens with one attached hydrogen (secondary N) is 2. The molecule has 2 aliphatic rings. The molecule has 3 aromatic heterocycles. The first-order chi connectivity index (χ1) is 20.8. The van der Waals surface area contributed by atoms with Gasteiger partial charge in [0, 0.05) is 43.8 Å². The van der Waals surface area contributed by atoms with E-state index in [1.807, 2.05) is 97.1 Å². The van der Waals surface area contributed by atoms with Crippen molar-refractivity contribution in [3.05, 3.63) is 97.1 Å². The maximum atomic E-state index is 5.02. The molecule has 0 saturated heterocycles. The Kier molecular flexibility index (Phi) is 6.06. The number of aromatic nitrogens is 8. The normalized spacial score (nSPS) is 11.6. The monoisotopic (exact) mass is 704 g/mol. The topological polar surface area (TPSA) is 109 Å². The van der Waals surface area contributed by atoms with Crippen molar-refractivity contribution in [1.82, 2.24) is 39.9 Å². The van der Waals surface area contributed by atoms with E-state index in [0.717, 1.165) is 43.8 Å². The molecule has 42 heavy (non-hydrogen) atoms. The number of H-pyrrole nitrogens is 2. The summed E-state index contributed by atoms with van der Waals surface area (Å²) in [6.45, 7) is 0. The fourth-order valence-corrected chi connectivity index (χ4v) is 5.59. The fraction of sp³-hybridized carbons (Fsp3) is 0. The van der Waals surface area contributed by atoms with Crippen LogP contribution >= 0.6 is 20.3 Å². The molecule has 4 aromatic carbocycles. The van der Waals surface area contributed by atoms with Gasteiger partial charge < -0.3 is 9.97 Å². The van der Waals surface area contributed by atoms with Gasteiger partial charge in [-0.3, -0.25) is 0 Å². The Hall–Kier alpha value is -4.51. The SMILES string of the molecule is [Cu][I].c1ccc2c(c1)-c1nc-2nc2[nH]c(nc3nc(nc4[nH]c(n1)c1ccccc41)-c1ccccc1-3)c1ccccc21. The van der Waals surface area contributed by atoms with Crippen LogP contribution in [0, 0.1) is 0 Å². The van der Waals surface area contributed by atoms with E-state index in [1.165, 1.54) is 0 Å². The second kappa shape index (κ2) is 10.1. The molecular weight excluding hydrogens is 687 g/mol. The molecular formula is C32H18CuIN8. The largest absolute Gasteiger partial charge is 0.324 e. The van der Waals surface area contributed by atoms with Crippen LogP contribution in [0.3, 0.4) is 0 Å². The van der Waals surface area contributed by atoms with Gasteiger partial charge >= 0.3 is 33.1 Å². The summed E-state index contributed by atoms with van der Waals surface area (Å²) in [5.41, 5.74) is 6.45. The molecule has 8 nitrogen and oxygen atoms in total. The van der Waals surface area contributed by atoms with Gasteiger partial charge in [0.05, 0.1) is 0 Å². The van der Waals surface area contributed by atoms with Gasteiger partial charge in [-0.15, -0.1) is 0 Å². The van der Waals surface area contributed by atoms with Gasteiger partial charge in [0.2, 0.25) is 0 Å². The molecule has 10 heteroatoms. The Labute approximate surface area is 258 Å². The van der Waals surface area contributed by atoms with Crippen molar-refractivity contribution in [3.8, 4) is 45.6 Å². The minimum Gasteiger partial charge on any atom is -0.324 e. The molecule has 0 spiro atoms. The number of fused-ring (bicyclic) bond motifs is 20. The molecule has 2 N–H and O–H groups in total. The summed E-state index contributed by atoms with van der Waals surface area (Å²) in [7, 11) is 0. The van der Waals surface area contributed by atoms with Gasteiger partial charge in [-0.25, -0.2) is 29.9 Å². The predicted molar refractivity (Wildman–Crippen MR) is 170 cm³/mol. The average Bonchev–Trinajstić information content (AvgIpc) is 3.78. The van der Waals surface area contributed by atoms with E-state index in [0.29, 0.717) is 45.9 Å². The van der Waals surface area contributed by atoms with Crippen molar-refractivity contribution in [3.63, 3.8) is 0 Å². The van der Waals surface area contributed by atoms with E-state index in [4.69, 9.17) is 29.9 Å². The van der Waals surface area contributed by atoms with Crippen LogP contribution in [-0.4, -0.2) is 39.9 Å². The van der Waals surface area contributed by atoms with Crippen LogP contribution in [0.2, 0.25) is 0 Å². The van der Waals surface area contributed by atoms with Crippen molar-refractivity contribution in [2.75, 3.05) is 0 Å². The molecule has 0 fully saturated rings. The van der Waals surface area contributed by atoms with E-state index in [9.17, 15) is 0 Å². The van der Waals surface area contributed by atoms with Crippen LogP contribution in [0.4, 0.5) is 0 Å². The standard InChI is InChI=1S/C32H18N8.Cu.HI/c1-2-10-18-17(9-1)25-33-26(18)38-28-21-13-5-6-14-22(21)30(35-28)40-32-24-16-8-7-15-23(24)31(36-32)39-29-20-12-4-3-11-19(20)27(34-29)37-25;;/h1-16H,(H2,33,34,35,36,37,38,39,40);;1H/q;+1;/p-1. The maximum absolute atomic E-state index is 5.02. The number of halogens is 1. The van der Waals surface area contributed by atoms with Gasteiger partial charge in [-0.1, -0.05) is 97.1 Å². The van der Waals surface area contributed by atoms with E-state index in [2.05, 4.69) is 22.7 Å². The van der Waals surface area contributed by atoms with Crippen LogP contribution < -0.4 is 0 Å². The molecule has 204 valence electrons. The third-order valence-electron chi connectivity index (χ3n) is 7.46. The second-order valence-corrected chi connectivity index (χ2v) is 9.79. The van der Waals surface area contributed by atoms with Gasteiger partial charge in [0.15, 0.2) is 23.3 Å². The van der Waals surface area contributed by atoms with Gasteiger partial charge in [0.1, 0.15) is 22.6 Å². The molecule has 0 atom stereocenters. The summed E-state index contributed by atoms with van der Waals surface area (Å²) >= 11 is 5.87.